The lowest BCUT2D eigenvalue weighted by molar-refractivity contribution is -0.145. The van der Waals surface area contributed by atoms with Crippen LogP contribution in [-0.2, 0) is 14.3 Å². The molecule has 106 valence electrons. The Morgan fingerprint density at radius 2 is 2.21 bits per heavy atom. The summed E-state index contributed by atoms with van der Waals surface area (Å²) < 4.78 is 4.89. The fourth-order valence-electron chi connectivity index (χ4n) is 1.42. The first-order valence-corrected chi connectivity index (χ1v) is 7.00. The van der Waals surface area contributed by atoms with Crippen LogP contribution in [0.2, 0.25) is 0 Å². The molecule has 1 aromatic heterocycles. The van der Waals surface area contributed by atoms with E-state index in [1.807, 2.05) is 13.8 Å². The molecule has 0 unspecified atom stereocenters. The van der Waals surface area contributed by atoms with Crippen molar-refractivity contribution in [2.24, 2.45) is 0 Å². The Kier molecular flexibility index (Phi) is 6.44. The van der Waals surface area contributed by atoms with Crippen molar-refractivity contribution < 1.29 is 14.3 Å². The van der Waals surface area contributed by atoms with Crippen molar-refractivity contribution in [3.05, 3.63) is 11.6 Å². The van der Waals surface area contributed by atoms with Crippen LogP contribution in [-0.4, -0.2) is 47.5 Å². The third-order valence-electron chi connectivity index (χ3n) is 2.39. The van der Waals surface area contributed by atoms with E-state index in [0.29, 0.717) is 11.7 Å². The molecule has 1 heterocycles. The van der Waals surface area contributed by atoms with Crippen molar-refractivity contribution in [2.75, 3.05) is 25.0 Å². The molecule has 6 nitrogen and oxygen atoms in total. The molecule has 0 aliphatic heterocycles. The van der Waals surface area contributed by atoms with Crippen LogP contribution in [0, 0.1) is 0 Å². The lowest BCUT2D eigenvalue weighted by Crippen LogP contribution is -2.41. The molecular formula is C12H19N3O3S. The van der Waals surface area contributed by atoms with Gasteiger partial charge in [0, 0.05) is 17.6 Å². The number of carbonyl (C=O) groups is 2. The van der Waals surface area contributed by atoms with Crippen LogP contribution in [0.5, 0.6) is 0 Å². The maximum Gasteiger partial charge on any atom is 0.320 e. The minimum atomic E-state index is -0.321. The lowest BCUT2D eigenvalue weighted by atomic mass is 10.3. The van der Waals surface area contributed by atoms with E-state index >= 15 is 0 Å². The van der Waals surface area contributed by atoms with E-state index in [-0.39, 0.29) is 31.0 Å². The zero-order chi connectivity index (χ0) is 14.3. The number of nitrogens with zero attached hydrogens (tertiary/aromatic N) is 2. The number of anilines is 1. The quantitative estimate of drug-likeness (QED) is 0.766. The molecule has 7 heteroatoms. The summed E-state index contributed by atoms with van der Waals surface area (Å²) in [7, 11) is 0. The standard InChI is InChI=1S/C12H19N3O3S/c1-4-18-11(17)8-15(9(2)3)7-10(16)14-12-13-5-6-19-12/h5-6,9H,4,7-8H2,1-3H3,(H,13,14,16). The highest BCUT2D eigenvalue weighted by Crippen LogP contribution is 2.10. The van der Waals surface area contributed by atoms with E-state index < -0.39 is 0 Å². The molecule has 0 aromatic carbocycles. The van der Waals surface area contributed by atoms with Gasteiger partial charge in [0.1, 0.15) is 0 Å². The first-order valence-electron chi connectivity index (χ1n) is 6.12. The molecule has 1 amide bonds. The predicted molar refractivity (Wildman–Crippen MR) is 74.1 cm³/mol. The van der Waals surface area contributed by atoms with E-state index in [1.165, 1.54) is 11.3 Å². The number of carbonyl (C=O) groups excluding carboxylic acids is 2. The molecule has 1 rings (SSSR count). The number of nitrogens with one attached hydrogen (secondary N) is 1. The monoisotopic (exact) mass is 285 g/mol. The number of esters is 1. The van der Waals surface area contributed by atoms with E-state index in [2.05, 4.69) is 10.3 Å². The third kappa shape index (κ3) is 5.80. The molecule has 0 saturated carbocycles. The zero-order valence-corrected chi connectivity index (χ0v) is 12.2. The van der Waals surface area contributed by atoms with Crippen molar-refractivity contribution in [2.45, 2.75) is 26.8 Å². The minimum absolute atomic E-state index is 0.0754. The summed E-state index contributed by atoms with van der Waals surface area (Å²) in [5.74, 6) is -0.508. The SMILES string of the molecule is CCOC(=O)CN(CC(=O)Nc1nccs1)C(C)C. The first kappa shape index (κ1) is 15.6. The van der Waals surface area contributed by atoms with Gasteiger partial charge in [-0.25, -0.2) is 4.98 Å². The second kappa shape index (κ2) is 7.85. The molecular weight excluding hydrogens is 266 g/mol. The van der Waals surface area contributed by atoms with Crippen LogP contribution in [0.4, 0.5) is 5.13 Å². The van der Waals surface area contributed by atoms with Gasteiger partial charge in [-0.2, -0.15) is 0 Å². The number of rotatable bonds is 7. The summed E-state index contributed by atoms with van der Waals surface area (Å²) >= 11 is 1.36. The van der Waals surface area contributed by atoms with Crippen molar-refractivity contribution in [1.82, 2.24) is 9.88 Å². The second-order valence-electron chi connectivity index (χ2n) is 4.19. The molecule has 0 bridgehead atoms. The van der Waals surface area contributed by atoms with Crippen LogP contribution < -0.4 is 5.32 Å². The number of amides is 1. The van der Waals surface area contributed by atoms with Gasteiger partial charge < -0.3 is 10.1 Å². The van der Waals surface area contributed by atoms with E-state index in [1.54, 1.807) is 23.4 Å². The molecule has 1 N–H and O–H groups in total. The van der Waals surface area contributed by atoms with Gasteiger partial charge in [0.25, 0.3) is 0 Å². The third-order valence-corrected chi connectivity index (χ3v) is 3.08. The average molecular weight is 285 g/mol. The molecule has 0 aliphatic carbocycles. The van der Waals surface area contributed by atoms with E-state index in [0.717, 1.165) is 0 Å². The van der Waals surface area contributed by atoms with Crippen molar-refractivity contribution >= 4 is 28.3 Å². The fourth-order valence-corrected chi connectivity index (χ4v) is 1.97. The topological polar surface area (TPSA) is 71.5 Å². The Morgan fingerprint density at radius 3 is 2.74 bits per heavy atom. The van der Waals surface area contributed by atoms with Crippen molar-refractivity contribution in [1.29, 1.82) is 0 Å². The number of thiazole rings is 1. The normalized spacial score (nSPS) is 10.8. The summed E-state index contributed by atoms with van der Waals surface area (Å²) in [5.41, 5.74) is 0. The predicted octanol–water partition coefficient (Wildman–Crippen LogP) is 1.36. The molecule has 1 aromatic rings. The van der Waals surface area contributed by atoms with E-state index in [9.17, 15) is 9.59 Å². The van der Waals surface area contributed by atoms with Gasteiger partial charge in [0.05, 0.1) is 19.7 Å². The molecule has 19 heavy (non-hydrogen) atoms. The van der Waals surface area contributed by atoms with Gasteiger partial charge >= 0.3 is 5.97 Å². The lowest BCUT2D eigenvalue weighted by Gasteiger charge is -2.24. The summed E-state index contributed by atoms with van der Waals surface area (Å²) in [6.07, 6.45) is 1.62. The van der Waals surface area contributed by atoms with Crippen LogP contribution in [0.1, 0.15) is 20.8 Å². The summed E-state index contributed by atoms with van der Waals surface area (Å²) in [6.45, 7) is 6.20. The van der Waals surface area contributed by atoms with Crippen molar-refractivity contribution in [3.63, 3.8) is 0 Å². The second-order valence-corrected chi connectivity index (χ2v) is 5.08. The van der Waals surface area contributed by atoms with Crippen LogP contribution in [0.25, 0.3) is 0 Å². The van der Waals surface area contributed by atoms with Gasteiger partial charge in [-0.1, -0.05) is 0 Å². The van der Waals surface area contributed by atoms with Crippen LogP contribution in [0.3, 0.4) is 0 Å². The highest BCUT2D eigenvalue weighted by Gasteiger charge is 2.18. The fraction of sp³-hybridized carbons (Fsp3) is 0.583. The Morgan fingerprint density at radius 1 is 1.47 bits per heavy atom. The number of aromatic nitrogens is 1. The highest BCUT2D eigenvalue weighted by molar-refractivity contribution is 7.13. The average Bonchev–Trinajstić information content (AvgIpc) is 2.81. The minimum Gasteiger partial charge on any atom is -0.465 e. The van der Waals surface area contributed by atoms with Gasteiger partial charge in [0.2, 0.25) is 5.91 Å². The van der Waals surface area contributed by atoms with Gasteiger partial charge in [-0.15, -0.1) is 11.3 Å². The maximum atomic E-state index is 11.8. The van der Waals surface area contributed by atoms with Crippen LogP contribution >= 0.6 is 11.3 Å². The molecule has 0 atom stereocenters. The highest BCUT2D eigenvalue weighted by atomic mass is 32.1. The Bertz CT molecular complexity index is 406. The number of hydrogen-bond acceptors (Lipinski definition) is 6. The maximum absolute atomic E-state index is 11.8. The summed E-state index contributed by atoms with van der Waals surface area (Å²) in [6, 6.07) is 0.0754. The van der Waals surface area contributed by atoms with E-state index in [4.69, 9.17) is 4.74 Å². The zero-order valence-electron chi connectivity index (χ0n) is 11.4. The van der Waals surface area contributed by atoms with Crippen LogP contribution in [0.15, 0.2) is 11.6 Å². The number of hydrogen-bond donors (Lipinski definition) is 1. The summed E-state index contributed by atoms with van der Waals surface area (Å²) in [4.78, 5) is 29.0. The first-order chi connectivity index (χ1) is 9.02. The van der Waals surface area contributed by atoms with Gasteiger partial charge in [-0.05, 0) is 20.8 Å². The molecule has 0 saturated heterocycles. The molecule has 0 radical (unpaired) electrons. The molecule has 0 fully saturated rings. The molecule has 0 aliphatic rings. The summed E-state index contributed by atoms with van der Waals surface area (Å²) in [5, 5.41) is 5.03. The van der Waals surface area contributed by atoms with Gasteiger partial charge in [0.15, 0.2) is 5.13 Å². The molecule has 0 spiro atoms. The number of ether oxygens (including phenoxy) is 1. The van der Waals surface area contributed by atoms with Crippen molar-refractivity contribution in [3.8, 4) is 0 Å². The smallest absolute Gasteiger partial charge is 0.320 e. The Balaban J connectivity index is 2.48. The Hall–Kier alpha value is -1.47. The van der Waals surface area contributed by atoms with Gasteiger partial charge in [-0.3, -0.25) is 14.5 Å². The Labute approximate surface area is 116 Å². The largest absolute Gasteiger partial charge is 0.465 e.